The Labute approximate surface area is 106 Å². The third-order valence-electron chi connectivity index (χ3n) is 3.68. The molecule has 0 saturated carbocycles. The fraction of sp³-hybridized carbons (Fsp3) is 0.500. The molecule has 3 atom stereocenters. The monoisotopic (exact) mass is 277 g/mol. The molecular formula is C12H11F4NO2. The van der Waals surface area contributed by atoms with Crippen LogP contribution in [0.5, 0.6) is 0 Å². The predicted molar refractivity (Wildman–Crippen MR) is 56.5 cm³/mol. The van der Waals surface area contributed by atoms with Gasteiger partial charge in [0.15, 0.2) is 6.10 Å². The molecule has 0 radical (unpaired) electrons. The Balaban J connectivity index is 2.03. The highest BCUT2D eigenvalue weighted by molar-refractivity contribution is 5.30. The second-order valence-electron chi connectivity index (χ2n) is 4.74. The maximum absolute atomic E-state index is 13.9. The SMILES string of the molecule is Fc1ccccc1C12COC(C(F)(F)F)[C@H]1CON2. The minimum Gasteiger partial charge on any atom is -0.366 e. The zero-order valence-electron chi connectivity index (χ0n) is 9.71. The Kier molecular flexibility index (Phi) is 2.81. The predicted octanol–water partition coefficient (Wildman–Crippen LogP) is 2.13. The van der Waals surface area contributed by atoms with Gasteiger partial charge < -0.3 is 9.57 Å². The lowest BCUT2D eigenvalue weighted by Gasteiger charge is -2.28. The van der Waals surface area contributed by atoms with E-state index in [1.807, 2.05) is 0 Å². The van der Waals surface area contributed by atoms with Crippen molar-refractivity contribution in [1.29, 1.82) is 0 Å². The van der Waals surface area contributed by atoms with Gasteiger partial charge >= 0.3 is 6.18 Å². The molecule has 19 heavy (non-hydrogen) atoms. The van der Waals surface area contributed by atoms with Crippen molar-refractivity contribution in [2.45, 2.75) is 17.8 Å². The Bertz CT molecular complexity index is 493. The number of hydroxylamine groups is 1. The van der Waals surface area contributed by atoms with Gasteiger partial charge in [0.25, 0.3) is 0 Å². The standard InChI is InChI=1S/C12H11F4NO2/c13-9-4-2-1-3-7(9)11-6-18-10(12(14,15)16)8(11)5-19-17-11/h1-4,8,10,17H,5-6H2/t8-,10?,11?/m1/s1. The summed E-state index contributed by atoms with van der Waals surface area (Å²) in [5, 5.41) is 0. The van der Waals surface area contributed by atoms with Gasteiger partial charge in [-0.2, -0.15) is 18.7 Å². The van der Waals surface area contributed by atoms with E-state index in [0.717, 1.165) is 0 Å². The molecule has 7 heteroatoms. The molecule has 2 aliphatic rings. The molecule has 0 spiro atoms. The van der Waals surface area contributed by atoms with Crippen molar-refractivity contribution in [3.63, 3.8) is 0 Å². The normalized spacial score (nSPS) is 34.5. The topological polar surface area (TPSA) is 30.5 Å². The van der Waals surface area contributed by atoms with E-state index in [-0.39, 0.29) is 18.8 Å². The molecule has 0 amide bonds. The summed E-state index contributed by atoms with van der Waals surface area (Å²) < 4.78 is 57.4. The van der Waals surface area contributed by atoms with Gasteiger partial charge in [-0.25, -0.2) is 4.39 Å². The van der Waals surface area contributed by atoms with Crippen LogP contribution in [0.15, 0.2) is 24.3 Å². The number of nitrogens with one attached hydrogen (secondary N) is 1. The first-order valence-electron chi connectivity index (χ1n) is 5.77. The fourth-order valence-corrected chi connectivity index (χ4v) is 2.78. The number of rotatable bonds is 1. The maximum atomic E-state index is 13.9. The molecular weight excluding hydrogens is 266 g/mol. The number of alkyl halides is 3. The minimum atomic E-state index is -4.49. The molecule has 0 bridgehead atoms. The number of fused-ring (bicyclic) bond motifs is 1. The number of ether oxygens (including phenoxy) is 1. The van der Waals surface area contributed by atoms with Gasteiger partial charge in [-0.05, 0) is 6.07 Å². The molecule has 2 heterocycles. The quantitative estimate of drug-likeness (QED) is 0.798. The Morgan fingerprint density at radius 3 is 2.68 bits per heavy atom. The van der Waals surface area contributed by atoms with E-state index in [1.165, 1.54) is 18.2 Å². The van der Waals surface area contributed by atoms with Crippen LogP contribution in [0.4, 0.5) is 17.6 Å². The minimum absolute atomic E-state index is 0.143. The van der Waals surface area contributed by atoms with Crippen LogP contribution >= 0.6 is 0 Å². The summed E-state index contributed by atoms with van der Waals surface area (Å²) in [6.45, 7) is -0.443. The van der Waals surface area contributed by atoms with E-state index in [0.29, 0.717) is 0 Å². The van der Waals surface area contributed by atoms with Crippen LogP contribution in [0.3, 0.4) is 0 Å². The summed E-state index contributed by atoms with van der Waals surface area (Å²) in [6, 6.07) is 5.72. The van der Waals surface area contributed by atoms with Crippen LogP contribution in [0.2, 0.25) is 0 Å². The summed E-state index contributed by atoms with van der Waals surface area (Å²) in [5.41, 5.74) is 1.40. The Morgan fingerprint density at radius 2 is 2.00 bits per heavy atom. The highest BCUT2D eigenvalue weighted by atomic mass is 19.4. The first-order valence-corrected chi connectivity index (χ1v) is 5.77. The lowest BCUT2D eigenvalue weighted by molar-refractivity contribution is -0.219. The second kappa shape index (κ2) is 4.16. The molecule has 1 aromatic carbocycles. The third kappa shape index (κ3) is 1.84. The maximum Gasteiger partial charge on any atom is 0.415 e. The first-order chi connectivity index (χ1) is 8.95. The van der Waals surface area contributed by atoms with Crippen molar-refractivity contribution in [1.82, 2.24) is 5.48 Å². The van der Waals surface area contributed by atoms with Crippen molar-refractivity contribution in [2.24, 2.45) is 5.92 Å². The molecule has 2 unspecified atom stereocenters. The molecule has 1 N–H and O–H groups in total. The first kappa shape index (κ1) is 12.8. The summed E-state index contributed by atoms with van der Waals surface area (Å²) in [4.78, 5) is 4.95. The van der Waals surface area contributed by atoms with Crippen molar-refractivity contribution < 1.29 is 27.1 Å². The van der Waals surface area contributed by atoms with Crippen molar-refractivity contribution in [2.75, 3.05) is 13.2 Å². The Hall–Kier alpha value is -1.18. The molecule has 0 aliphatic carbocycles. The van der Waals surface area contributed by atoms with Crippen molar-refractivity contribution in [3.8, 4) is 0 Å². The highest BCUT2D eigenvalue weighted by Gasteiger charge is 2.63. The van der Waals surface area contributed by atoms with Crippen LogP contribution in [-0.2, 0) is 15.1 Å². The van der Waals surface area contributed by atoms with E-state index in [4.69, 9.17) is 9.57 Å². The van der Waals surface area contributed by atoms with Gasteiger partial charge in [-0.15, -0.1) is 0 Å². The molecule has 2 fully saturated rings. The lowest BCUT2D eigenvalue weighted by Crippen LogP contribution is -2.45. The lowest BCUT2D eigenvalue weighted by atomic mass is 9.79. The van der Waals surface area contributed by atoms with Crippen LogP contribution in [-0.4, -0.2) is 25.5 Å². The van der Waals surface area contributed by atoms with Crippen LogP contribution < -0.4 is 5.48 Å². The molecule has 104 valence electrons. The molecule has 2 aliphatic heterocycles. The van der Waals surface area contributed by atoms with Crippen LogP contribution in [0.1, 0.15) is 5.56 Å². The highest BCUT2D eigenvalue weighted by Crippen LogP contribution is 2.48. The molecule has 3 rings (SSSR count). The van der Waals surface area contributed by atoms with Crippen molar-refractivity contribution >= 4 is 0 Å². The van der Waals surface area contributed by atoms with Gasteiger partial charge in [-0.1, -0.05) is 18.2 Å². The fourth-order valence-electron chi connectivity index (χ4n) is 2.78. The molecule has 0 aromatic heterocycles. The number of hydrogen-bond donors (Lipinski definition) is 1. The van der Waals surface area contributed by atoms with Gasteiger partial charge in [0.1, 0.15) is 11.4 Å². The van der Waals surface area contributed by atoms with Gasteiger partial charge in [0.2, 0.25) is 0 Å². The third-order valence-corrected chi connectivity index (χ3v) is 3.68. The van der Waals surface area contributed by atoms with Crippen LogP contribution in [0, 0.1) is 11.7 Å². The zero-order chi connectivity index (χ0) is 13.7. The van der Waals surface area contributed by atoms with E-state index in [1.54, 1.807) is 6.07 Å². The average Bonchev–Trinajstić information content (AvgIpc) is 2.86. The van der Waals surface area contributed by atoms with Gasteiger partial charge in [0, 0.05) is 11.5 Å². The molecule has 3 nitrogen and oxygen atoms in total. The van der Waals surface area contributed by atoms with Gasteiger partial charge in [0.05, 0.1) is 13.2 Å². The molecule has 2 saturated heterocycles. The number of hydrogen-bond acceptors (Lipinski definition) is 3. The van der Waals surface area contributed by atoms with Gasteiger partial charge in [-0.3, -0.25) is 0 Å². The van der Waals surface area contributed by atoms with Crippen LogP contribution in [0.25, 0.3) is 0 Å². The second-order valence-corrected chi connectivity index (χ2v) is 4.74. The largest absolute Gasteiger partial charge is 0.415 e. The van der Waals surface area contributed by atoms with E-state index < -0.39 is 29.6 Å². The summed E-state index contributed by atoms with van der Waals surface area (Å²) in [5.74, 6) is -1.57. The summed E-state index contributed by atoms with van der Waals surface area (Å²) in [6.07, 6.45) is -6.44. The zero-order valence-corrected chi connectivity index (χ0v) is 9.71. The Morgan fingerprint density at radius 1 is 1.26 bits per heavy atom. The van der Waals surface area contributed by atoms with E-state index in [2.05, 4.69) is 5.48 Å². The van der Waals surface area contributed by atoms with E-state index >= 15 is 0 Å². The smallest absolute Gasteiger partial charge is 0.366 e. The summed E-state index contributed by atoms with van der Waals surface area (Å²) in [7, 11) is 0. The average molecular weight is 277 g/mol. The van der Waals surface area contributed by atoms with E-state index in [9.17, 15) is 17.6 Å². The summed E-state index contributed by atoms with van der Waals surface area (Å²) >= 11 is 0. The number of halogens is 4. The van der Waals surface area contributed by atoms with Crippen molar-refractivity contribution in [3.05, 3.63) is 35.6 Å². The number of benzene rings is 1. The molecule has 1 aromatic rings.